The Labute approximate surface area is 151 Å². The zero-order valence-corrected chi connectivity index (χ0v) is 14.2. The van der Waals surface area contributed by atoms with Gasteiger partial charge in [0.05, 0.1) is 34.5 Å². The van der Waals surface area contributed by atoms with Crippen molar-refractivity contribution in [2.45, 2.75) is 0 Å². The zero-order chi connectivity index (χ0) is 18.6. The lowest BCUT2D eigenvalue weighted by molar-refractivity contribution is -0.384. The highest BCUT2D eigenvalue weighted by molar-refractivity contribution is 6.45. The average molecular weight is 384 g/mol. The van der Waals surface area contributed by atoms with Crippen LogP contribution >= 0.6 is 23.2 Å². The molecule has 0 aliphatic carbocycles. The third-order valence-electron chi connectivity index (χ3n) is 3.03. The Morgan fingerprint density at radius 2 is 1.64 bits per heavy atom. The number of nitro benzene ring substituents is 1. The van der Waals surface area contributed by atoms with E-state index < -0.39 is 16.7 Å². The van der Waals surface area contributed by atoms with Crippen LogP contribution in [0.15, 0.2) is 36.4 Å². The number of hydrogen-bond donors (Lipinski definition) is 2. The van der Waals surface area contributed by atoms with Crippen LogP contribution in [-0.4, -0.2) is 23.8 Å². The lowest BCUT2D eigenvalue weighted by Crippen LogP contribution is -2.29. The Morgan fingerprint density at radius 3 is 2.20 bits per heavy atom. The number of nitro groups is 1. The Hall–Kier alpha value is -2.84. The van der Waals surface area contributed by atoms with E-state index >= 15 is 0 Å². The number of nitrogens with zero attached hydrogens (tertiary/aromatic N) is 1. The Balaban J connectivity index is 2.13. The maximum absolute atomic E-state index is 12.0. The first kappa shape index (κ1) is 18.5. The molecule has 0 spiro atoms. The molecule has 10 heteroatoms. The van der Waals surface area contributed by atoms with Gasteiger partial charge in [0.25, 0.3) is 5.69 Å². The largest absolute Gasteiger partial charge is 0.494 e. The van der Waals surface area contributed by atoms with Gasteiger partial charge in [-0.3, -0.25) is 19.7 Å². The second-order valence-corrected chi connectivity index (χ2v) is 5.52. The second-order valence-electron chi connectivity index (χ2n) is 4.67. The number of methoxy groups -OCH3 is 1. The number of anilines is 2. The monoisotopic (exact) mass is 383 g/mol. The van der Waals surface area contributed by atoms with Crippen molar-refractivity contribution >= 4 is 52.1 Å². The fourth-order valence-electron chi connectivity index (χ4n) is 1.85. The first-order chi connectivity index (χ1) is 11.8. The van der Waals surface area contributed by atoms with Crippen molar-refractivity contribution in [2.24, 2.45) is 0 Å². The highest BCUT2D eigenvalue weighted by Crippen LogP contribution is 2.29. The van der Waals surface area contributed by atoms with Crippen LogP contribution in [-0.2, 0) is 9.59 Å². The van der Waals surface area contributed by atoms with Crippen LogP contribution in [0.1, 0.15) is 0 Å². The van der Waals surface area contributed by atoms with Crippen molar-refractivity contribution in [2.75, 3.05) is 17.7 Å². The third kappa shape index (κ3) is 4.59. The smallest absolute Gasteiger partial charge is 0.314 e. The summed E-state index contributed by atoms with van der Waals surface area (Å²) in [6, 6.07) is 7.92. The summed E-state index contributed by atoms with van der Waals surface area (Å²) in [4.78, 5) is 34.1. The van der Waals surface area contributed by atoms with E-state index in [-0.39, 0.29) is 27.8 Å². The minimum absolute atomic E-state index is 0.0416. The van der Waals surface area contributed by atoms with Gasteiger partial charge in [-0.05, 0) is 24.3 Å². The van der Waals surface area contributed by atoms with Gasteiger partial charge in [0.1, 0.15) is 5.75 Å². The van der Waals surface area contributed by atoms with E-state index in [2.05, 4.69) is 10.6 Å². The number of hydrogen-bond acceptors (Lipinski definition) is 5. The van der Waals surface area contributed by atoms with Crippen LogP contribution < -0.4 is 15.4 Å². The second kappa shape index (κ2) is 7.82. The van der Waals surface area contributed by atoms with Crippen LogP contribution in [0.2, 0.25) is 10.0 Å². The minimum Gasteiger partial charge on any atom is -0.494 e. The molecule has 25 heavy (non-hydrogen) atoms. The van der Waals surface area contributed by atoms with Crippen molar-refractivity contribution in [1.82, 2.24) is 0 Å². The number of carbonyl (C=O) groups is 2. The van der Waals surface area contributed by atoms with E-state index in [1.54, 1.807) is 0 Å². The van der Waals surface area contributed by atoms with Gasteiger partial charge >= 0.3 is 11.8 Å². The summed E-state index contributed by atoms with van der Waals surface area (Å²) in [5.74, 6) is -1.94. The number of carbonyl (C=O) groups excluding carboxylic acids is 2. The van der Waals surface area contributed by atoms with Crippen molar-refractivity contribution in [3.8, 4) is 5.75 Å². The molecule has 0 saturated heterocycles. The molecular formula is C15H11Cl2N3O5. The molecule has 2 N–H and O–H groups in total. The SMILES string of the molecule is COc1cc([N+](=O)[O-])ccc1NC(=O)C(=O)Nc1ccc(Cl)cc1Cl. The first-order valence-electron chi connectivity index (χ1n) is 6.71. The van der Waals surface area contributed by atoms with Crippen LogP contribution in [0.3, 0.4) is 0 Å². The van der Waals surface area contributed by atoms with Gasteiger partial charge in [-0.25, -0.2) is 0 Å². The molecule has 0 saturated carbocycles. The van der Waals surface area contributed by atoms with Gasteiger partial charge in [-0.1, -0.05) is 23.2 Å². The predicted molar refractivity (Wildman–Crippen MR) is 93.4 cm³/mol. The summed E-state index contributed by atoms with van der Waals surface area (Å²) < 4.78 is 4.98. The average Bonchev–Trinajstić information content (AvgIpc) is 2.57. The fourth-order valence-corrected chi connectivity index (χ4v) is 2.30. The van der Waals surface area contributed by atoms with Crippen molar-refractivity contribution in [3.05, 3.63) is 56.6 Å². The van der Waals surface area contributed by atoms with E-state index in [0.717, 1.165) is 6.07 Å². The molecule has 2 amide bonds. The van der Waals surface area contributed by atoms with E-state index in [1.165, 1.54) is 37.4 Å². The number of non-ortho nitro benzene ring substituents is 1. The zero-order valence-electron chi connectivity index (χ0n) is 12.7. The summed E-state index contributed by atoms with van der Waals surface area (Å²) in [5.41, 5.74) is 0.101. The molecule has 2 rings (SSSR count). The molecule has 130 valence electrons. The molecule has 0 atom stereocenters. The van der Waals surface area contributed by atoms with E-state index in [0.29, 0.717) is 5.02 Å². The summed E-state index contributed by atoms with van der Waals surface area (Å²) in [5, 5.41) is 15.9. The van der Waals surface area contributed by atoms with Gasteiger partial charge in [0.15, 0.2) is 0 Å². The maximum Gasteiger partial charge on any atom is 0.314 e. The van der Waals surface area contributed by atoms with Crippen LogP contribution in [0.5, 0.6) is 5.75 Å². The van der Waals surface area contributed by atoms with Gasteiger partial charge in [-0.2, -0.15) is 0 Å². The molecule has 2 aromatic carbocycles. The molecule has 0 aliphatic rings. The Kier molecular flexibility index (Phi) is 5.79. The molecule has 2 aromatic rings. The highest BCUT2D eigenvalue weighted by atomic mass is 35.5. The topological polar surface area (TPSA) is 111 Å². The van der Waals surface area contributed by atoms with E-state index in [4.69, 9.17) is 27.9 Å². The molecule has 8 nitrogen and oxygen atoms in total. The van der Waals surface area contributed by atoms with E-state index in [9.17, 15) is 19.7 Å². The number of benzene rings is 2. The molecular weight excluding hydrogens is 373 g/mol. The van der Waals surface area contributed by atoms with Gasteiger partial charge < -0.3 is 15.4 Å². The number of nitrogens with one attached hydrogen (secondary N) is 2. The first-order valence-corrected chi connectivity index (χ1v) is 7.47. The molecule has 0 bridgehead atoms. The van der Waals surface area contributed by atoms with Crippen molar-refractivity contribution in [3.63, 3.8) is 0 Å². The molecule has 0 radical (unpaired) electrons. The third-order valence-corrected chi connectivity index (χ3v) is 3.58. The lowest BCUT2D eigenvalue weighted by Gasteiger charge is -2.10. The minimum atomic E-state index is -1.00. The van der Waals surface area contributed by atoms with Gasteiger partial charge in [0.2, 0.25) is 0 Å². The molecule has 0 fully saturated rings. The summed E-state index contributed by atoms with van der Waals surface area (Å²) in [7, 11) is 1.28. The Morgan fingerprint density at radius 1 is 1.04 bits per heavy atom. The van der Waals surface area contributed by atoms with E-state index in [1.807, 2.05) is 0 Å². The molecule has 0 aromatic heterocycles. The van der Waals surface area contributed by atoms with Crippen LogP contribution in [0.25, 0.3) is 0 Å². The molecule has 0 aliphatic heterocycles. The lowest BCUT2D eigenvalue weighted by atomic mass is 10.2. The Bertz CT molecular complexity index is 857. The number of rotatable bonds is 4. The molecule has 0 heterocycles. The van der Waals surface area contributed by atoms with Crippen molar-refractivity contribution in [1.29, 1.82) is 0 Å². The standard InChI is InChI=1S/C15H11Cl2N3O5/c1-25-13-7-9(20(23)24)3-5-12(13)19-15(22)14(21)18-11-4-2-8(16)6-10(11)17/h2-7H,1H3,(H,18,21)(H,19,22). The molecule has 0 unspecified atom stereocenters. The highest BCUT2D eigenvalue weighted by Gasteiger charge is 2.19. The fraction of sp³-hybridized carbons (Fsp3) is 0.0667. The number of halogens is 2. The number of ether oxygens (including phenoxy) is 1. The van der Waals surface area contributed by atoms with Crippen LogP contribution in [0, 0.1) is 10.1 Å². The summed E-state index contributed by atoms with van der Waals surface area (Å²) in [6.07, 6.45) is 0. The summed E-state index contributed by atoms with van der Waals surface area (Å²) >= 11 is 11.7. The van der Waals surface area contributed by atoms with Gasteiger partial charge in [-0.15, -0.1) is 0 Å². The van der Waals surface area contributed by atoms with Crippen molar-refractivity contribution < 1.29 is 19.2 Å². The summed E-state index contributed by atoms with van der Waals surface area (Å²) in [6.45, 7) is 0. The van der Waals surface area contributed by atoms with Crippen LogP contribution in [0.4, 0.5) is 17.1 Å². The predicted octanol–water partition coefficient (Wildman–Crippen LogP) is 3.49. The normalized spacial score (nSPS) is 10.0. The maximum atomic E-state index is 12.0. The quantitative estimate of drug-likeness (QED) is 0.476. The number of amides is 2. The van der Waals surface area contributed by atoms with Gasteiger partial charge in [0, 0.05) is 11.1 Å².